The molecule has 0 aromatic carbocycles. The molecular formula is C16H14N2O4S. The fraction of sp³-hybridized carbons (Fsp3) is 0.250. The van der Waals surface area contributed by atoms with Crippen LogP contribution in [-0.4, -0.2) is 25.0 Å². The third-order valence-electron chi connectivity index (χ3n) is 2.52. The highest BCUT2D eigenvalue weighted by molar-refractivity contribution is 7.12. The van der Waals surface area contributed by atoms with E-state index in [1.165, 1.54) is 11.3 Å². The second-order valence-corrected chi connectivity index (χ2v) is 4.93. The highest BCUT2D eigenvalue weighted by Crippen LogP contribution is 2.20. The minimum atomic E-state index is -0.830. The summed E-state index contributed by atoms with van der Waals surface area (Å²) in [5.74, 6) is -1.51. The van der Waals surface area contributed by atoms with Crippen LogP contribution in [0.3, 0.4) is 0 Å². The Balaban J connectivity index is 3.43. The lowest BCUT2D eigenvalue weighted by molar-refractivity contribution is -0.138. The van der Waals surface area contributed by atoms with E-state index in [0.717, 1.165) is 6.08 Å². The van der Waals surface area contributed by atoms with E-state index in [1.54, 1.807) is 43.5 Å². The zero-order valence-corrected chi connectivity index (χ0v) is 13.5. The molecule has 118 valence electrons. The Bertz CT molecular complexity index is 702. The molecule has 1 heterocycles. The average Bonchev–Trinajstić information content (AvgIpc) is 3.07. The molecule has 0 N–H and O–H groups in total. The molecule has 0 aliphatic carbocycles. The quantitative estimate of drug-likeness (QED) is 0.190. The Kier molecular flexibility index (Phi) is 7.25. The Morgan fingerprint density at radius 2 is 1.87 bits per heavy atom. The van der Waals surface area contributed by atoms with E-state index in [9.17, 15) is 9.59 Å². The Hall–Kier alpha value is -2.90. The van der Waals surface area contributed by atoms with Crippen LogP contribution in [-0.2, 0) is 14.3 Å². The third-order valence-corrected chi connectivity index (χ3v) is 3.40. The van der Waals surface area contributed by atoms with Crippen molar-refractivity contribution in [1.29, 1.82) is 10.5 Å². The van der Waals surface area contributed by atoms with Crippen LogP contribution in [0.2, 0.25) is 0 Å². The lowest BCUT2D eigenvalue weighted by Gasteiger charge is -2.11. The van der Waals surface area contributed by atoms with Crippen molar-refractivity contribution in [3.05, 3.63) is 45.4 Å². The Morgan fingerprint density at radius 1 is 1.22 bits per heavy atom. The minimum absolute atomic E-state index is 0.0806. The number of nitrogens with zero attached hydrogens (tertiary/aromatic N) is 2. The highest BCUT2D eigenvalue weighted by atomic mass is 32.1. The van der Waals surface area contributed by atoms with Crippen molar-refractivity contribution in [3.8, 4) is 12.1 Å². The van der Waals surface area contributed by atoms with Crippen molar-refractivity contribution in [1.82, 2.24) is 0 Å². The lowest BCUT2D eigenvalue weighted by atomic mass is 10.1. The third kappa shape index (κ3) is 4.80. The number of nitriles is 2. The number of carbonyl (C=O) groups is 2. The van der Waals surface area contributed by atoms with E-state index < -0.39 is 17.3 Å². The normalized spacial score (nSPS) is 10.2. The average molecular weight is 330 g/mol. The molecule has 0 aliphatic heterocycles. The fourth-order valence-corrected chi connectivity index (χ4v) is 2.24. The van der Waals surface area contributed by atoms with Gasteiger partial charge in [-0.25, -0.2) is 4.79 Å². The molecule has 0 fully saturated rings. The smallest absolute Gasteiger partial charge is 0.342 e. The molecule has 0 bridgehead atoms. The van der Waals surface area contributed by atoms with E-state index in [2.05, 4.69) is 0 Å². The maximum absolute atomic E-state index is 12.2. The SMILES string of the molecule is CCOC(=O)/C(=C/C(=O)c1cccs1)C(OCC)=C(C#N)C#N. The van der Waals surface area contributed by atoms with Gasteiger partial charge in [0.2, 0.25) is 0 Å². The van der Waals surface area contributed by atoms with Gasteiger partial charge in [0.25, 0.3) is 0 Å². The molecule has 7 heteroatoms. The summed E-state index contributed by atoms with van der Waals surface area (Å²) in [5, 5.41) is 19.8. The topological polar surface area (TPSA) is 100 Å². The summed E-state index contributed by atoms with van der Waals surface area (Å²) >= 11 is 1.21. The number of rotatable bonds is 7. The molecule has 0 atom stereocenters. The first-order valence-electron chi connectivity index (χ1n) is 6.73. The van der Waals surface area contributed by atoms with Gasteiger partial charge < -0.3 is 9.47 Å². The summed E-state index contributed by atoms with van der Waals surface area (Å²) < 4.78 is 10.2. The van der Waals surface area contributed by atoms with Crippen LogP contribution in [0.1, 0.15) is 23.5 Å². The molecule has 0 spiro atoms. The van der Waals surface area contributed by atoms with E-state index in [4.69, 9.17) is 20.0 Å². The zero-order chi connectivity index (χ0) is 17.2. The monoisotopic (exact) mass is 330 g/mol. The molecule has 1 aromatic heterocycles. The number of ketones is 1. The molecule has 6 nitrogen and oxygen atoms in total. The molecule has 0 radical (unpaired) electrons. The van der Waals surface area contributed by atoms with Gasteiger partial charge >= 0.3 is 5.97 Å². The van der Waals surface area contributed by atoms with Crippen molar-refractivity contribution in [2.45, 2.75) is 13.8 Å². The molecule has 0 saturated carbocycles. The molecule has 0 amide bonds. The van der Waals surface area contributed by atoms with Gasteiger partial charge in [0.15, 0.2) is 17.1 Å². The number of carbonyl (C=O) groups excluding carboxylic acids is 2. The first-order chi connectivity index (χ1) is 11.1. The van der Waals surface area contributed by atoms with Crippen LogP contribution in [0.15, 0.2) is 40.5 Å². The fourth-order valence-electron chi connectivity index (χ4n) is 1.60. The minimum Gasteiger partial charge on any atom is -0.491 e. The molecule has 1 rings (SSSR count). The van der Waals surface area contributed by atoms with Gasteiger partial charge in [-0.05, 0) is 25.3 Å². The van der Waals surface area contributed by atoms with Gasteiger partial charge in [0, 0.05) is 6.08 Å². The first kappa shape index (κ1) is 18.1. The van der Waals surface area contributed by atoms with Crippen LogP contribution in [0, 0.1) is 22.7 Å². The summed E-state index contributed by atoms with van der Waals surface area (Å²) in [7, 11) is 0. The van der Waals surface area contributed by atoms with Crippen molar-refractivity contribution in [2.24, 2.45) is 0 Å². The van der Waals surface area contributed by atoms with Crippen LogP contribution in [0.5, 0.6) is 0 Å². The first-order valence-corrected chi connectivity index (χ1v) is 7.61. The number of esters is 1. The largest absolute Gasteiger partial charge is 0.491 e. The molecule has 0 unspecified atom stereocenters. The van der Waals surface area contributed by atoms with Gasteiger partial charge in [0.1, 0.15) is 17.7 Å². The van der Waals surface area contributed by atoms with Crippen molar-refractivity contribution < 1.29 is 19.1 Å². The second kappa shape index (κ2) is 9.19. The van der Waals surface area contributed by atoms with Gasteiger partial charge in [-0.15, -0.1) is 11.3 Å². The number of allylic oxidation sites excluding steroid dienone is 2. The summed E-state index contributed by atoms with van der Waals surface area (Å²) in [6.07, 6.45) is 1.03. The van der Waals surface area contributed by atoms with Crippen molar-refractivity contribution in [2.75, 3.05) is 13.2 Å². The van der Waals surface area contributed by atoms with Crippen molar-refractivity contribution in [3.63, 3.8) is 0 Å². The molecule has 1 aromatic rings. The molecule has 23 heavy (non-hydrogen) atoms. The number of hydrogen-bond acceptors (Lipinski definition) is 7. The standard InChI is InChI=1S/C16H14N2O4S/c1-3-21-15(11(9-17)10-18)12(16(20)22-4-2)8-13(19)14-6-5-7-23-14/h5-8H,3-4H2,1-2H3/b12-8+. The van der Waals surface area contributed by atoms with E-state index in [1.807, 2.05) is 0 Å². The number of ether oxygens (including phenoxy) is 2. The van der Waals surface area contributed by atoms with Crippen LogP contribution in [0.4, 0.5) is 0 Å². The summed E-state index contributed by atoms with van der Waals surface area (Å²) in [6.45, 7) is 3.44. The summed E-state index contributed by atoms with van der Waals surface area (Å²) in [5.41, 5.74) is -0.643. The molecule has 0 aliphatic rings. The number of hydrogen-bond donors (Lipinski definition) is 0. The van der Waals surface area contributed by atoms with Crippen LogP contribution >= 0.6 is 11.3 Å². The van der Waals surface area contributed by atoms with Gasteiger partial charge in [0.05, 0.1) is 18.1 Å². The zero-order valence-electron chi connectivity index (χ0n) is 12.7. The van der Waals surface area contributed by atoms with E-state index in [0.29, 0.717) is 4.88 Å². The van der Waals surface area contributed by atoms with Gasteiger partial charge in [-0.3, -0.25) is 4.79 Å². The van der Waals surface area contributed by atoms with Crippen molar-refractivity contribution >= 4 is 23.1 Å². The molecule has 0 saturated heterocycles. The van der Waals surface area contributed by atoms with Gasteiger partial charge in [-0.1, -0.05) is 6.07 Å². The Labute approximate surface area is 137 Å². The Morgan fingerprint density at radius 3 is 2.35 bits per heavy atom. The van der Waals surface area contributed by atoms with E-state index in [-0.39, 0.29) is 24.5 Å². The summed E-state index contributed by atoms with van der Waals surface area (Å²) in [6, 6.07) is 6.62. The van der Waals surface area contributed by atoms with Crippen LogP contribution in [0.25, 0.3) is 0 Å². The lowest BCUT2D eigenvalue weighted by Crippen LogP contribution is -2.14. The second-order valence-electron chi connectivity index (χ2n) is 3.98. The summed E-state index contributed by atoms with van der Waals surface area (Å²) in [4.78, 5) is 24.8. The predicted molar refractivity (Wildman–Crippen MR) is 83.2 cm³/mol. The van der Waals surface area contributed by atoms with Gasteiger partial charge in [-0.2, -0.15) is 10.5 Å². The maximum Gasteiger partial charge on any atom is 0.342 e. The van der Waals surface area contributed by atoms with Crippen LogP contribution < -0.4 is 0 Å². The van der Waals surface area contributed by atoms with E-state index >= 15 is 0 Å². The maximum atomic E-state index is 12.2. The number of thiophene rings is 1. The molecular weight excluding hydrogens is 316 g/mol. The predicted octanol–water partition coefficient (Wildman–Crippen LogP) is 2.76. The highest BCUT2D eigenvalue weighted by Gasteiger charge is 2.23.